The highest BCUT2D eigenvalue weighted by Gasteiger charge is 2.26. The van der Waals surface area contributed by atoms with Crippen LogP contribution in [0.25, 0.3) is 0 Å². The van der Waals surface area contributed by atoms with E-state index in [1.807, 2.05) is 24.3 Å². The minimum absolute atomic E-state index is 0.286. The number of ether oxygens (including phenoxy) is 1. The van der Waals surface area contributed by atoms with Crippen LogP contribution < -0.4 is 14.4 Å². The van der Waals surface area contributed by atoms with Gasteiger partial charge in [0.25, 0.3) is 0 Å². The summed E-state index contributed by atoms with van der Waals surface area (Å²) in [6.07, 6.45) is 0.954. The van der Waals surface area contributed by atoms with E-state index in [0.29, 0.717) is 11.4 Å². The lowest BCUT2D eigenvalue weighted by atomic mass is 10.1. The maximum Gasteiger partial charge on any atom is 0.240 e. The summed E-state index contributed by atoms with van der Waals surface area (Å²) in [5.41, 5.74) is 1.06. The Kier molecular flexibility index (Phi) is 5.06. The number of hydrogen-bond donors (Lipinski definition) is 1. The third kappa shape index (κ3) is 3.71. The maximum absolute atomic E-state index is 12.3. The molecule has 1 fully saturated rings. The molecular weight excluding hydrogens is 324 g/mol. The van der Waals surface area contributed by atoms with Crippen molar-refractivity contribution in [3.8, 4) is 5.75 Å². The predicted molar refractivity (Wildman–Crippen MR) is 94.9 cm³/mol. The van der Waals surface area contributed by atoms with E-state index in [1.54, 1.807) is 37.4 Å². The first kappa shape index (κ1) is 16.8. The topological polar surface area (TPSA) is 58.6 Å². The van der Waals surface area contributed by atoms with Crippen LogP contribution in [0.3, 0.4) is 0 Å². The van der Waals surface area contributed by atoms with Gasteiger partial charge in [-0.05, 0) is 36.6 Å². The van der Waals surface area contributed by atoms with Crippen molar-refractivity contribution in [3.63, 3.8) is 0 Å². The largest absolute Gasteiger partial charge is 0.495 e. The van der Waals surface area contributed by atoms with Gasteiger partial charge in [-0.3, -0.25) is 0 Å². The van der Waals surface area contributed by atoms with Crippen LogP contribution >= 0.6 is 0 Å². The summed E-state index contributed by atoms with van der Waals surface area (Å²) in [4.78, 5) is 2.56. The molecule has 0 amide bonds. The second kappa shape index (κ2) is 7.23. The zero-order valence-electron chi connectivity index (χ0n) is 13.7. The molecule has 1 heterocycles. The molecule has 0 unspecified atom stereocenters. The van der Waals surface area contributed by atoms with Crippen molar-refractivity contribution in [2.45, 2.75) is 11.3 Å². The lowest BCUT2D eigenvalue weighted by molar-refractivity contribution is 0.414. The van der Waals surface area contributed by atoms with Crippen molar-refractivity contribution in [3.05, 3.63) is 54.6 Å². The Morgan fingerprint density at radius 2 is 1.83 bits per heavy atom. The zero-order chi connectivity index (χ0) is 17.0. The molecule has 1 atom stereocenters. The van der Waals surface area contributed by atoms with E-state index < -0.39 is 10.0 Å². The highest BCUT2D eigenvalue weighted by atomic mass is 32.2. The monoisotopic (exact) mass is 346 g/mol. The molecule has 1 saturated heterocycles. The van der Waals surface area contributed by atoms with Gasteiger partial charge in [0.2, 0.25) is 10.0 Å². The minimum atomic E-state index is -3.44. The van der Waals surface area contributed by atoms with Gasteiger partial charge in [-0.1, -0.05) is 30.3 Å². The zero-order valence-corrected chi connectivity index (χ0v) is 14.5. The number of anilines is 1. The van der Waals surface area contributed by atoms with Crippen LogP contribution in [-0.2, 0) is 10.0 Å². The van der Waals surface area contributed by atoms with Crippen molar-refractivity contribution in [1.82, 2.24) is 4.72 Å². The van der Waals surface area contributed by atoms with Gasteiger partial charge in [0.05, 0.1) is 17.7 Å². The van der Waals surface area contributed by atoms with Gasteiger partial charge in [0.15, 0.2) is 0 Å². The highest BCUT2D eigenvalue weighted by molar-refractivity contribution is 7.89. The van der Waals surface area contributed by atoms with E-state index in [0.717, 1.165) is 30.9 Å². The van der Waals surface area contributed by atoms with Crippen LogP contribution in [0, 0.1) is 5.92 Å². The fourth-order valence-corrected chi connectivity index (χ4v) is 4.16. The summed E-state index contributed by atoms with van der Waals surface area (Å²) in [5.74, 6) is 1.14. The Balaban J connectivity index is 1.61. The maximum atomic E-state index is 12.3. The predicted octanol–water partition coefficient (Wildman–Crippen LogP) is 2.50. The first-order valence-corrected chi connectivity index (χ1v) is 9.51. The molecule has 2 aromatic rings. The number of sulfonamides is 1. The lowest BCUT2D eigenvalue weighted by Crippen LogP contribution is -2.31. The Morgan fingerprint density at radius 1 is 1.12 bits per heavy atom. The molecule has 0 aliphatic carbocycles. The number of nitrogens with one attached hydrogen (secondary N) is 1. The van der Waals surface area contributed by atoms with Crippen LogP contribution in [0.1, 0.15) is 6.42 Å². The molecule has 3 rings (SSSR count). The van der Waals surface area contributed by atoms with Crippen molar-refractivity contribution in [1.29, 1.82) is 0 Å². The Hall–Kier alpha value is -2.05. The third-order valence-electron chi connectivity index (χ3n) is 4.33. The fraction of sp³-hybridized carbons (Fsp3) is 0.333. The SMILES string of the molecule is COc1ccccc1N1CC[C@H](CNS(=O)(=O)c2ccccc2)C1. The van der Waals surface area contributed by atoms with Gasteiger partial charge < -0.3 is 9.64 Å². The van der Waals surface area contributed by atoms with Crippen LogP contribution in [0.15, 0.2) is 59.5 Å². The summed E-state index contributed by atoms with van der Waals surface area (Å²) < 4.78 is 32.7. The van der Waals surface area contributed by atoms with Crippen LogP contribution in [0.2, 0.25) is 0 Å². The van der Waals surface area contributed by atoms with E-state index in [9.17, 15) is 8.42 Å². The molecule has 24 heavy (non-hydrogen) atoms. The molecule has 1 aliphatic rings. The van der Waals surface area contributed by atoms with Crippen molar-refractivity contribution in [2.75, 3.05) is 31.6 Å². The number of nitrogens with zero attached hydrogens (tertiary/aromatic N) is 1. The molecule has 1 N–H and O–H groups in total. The first-order chi connectivity index (χ1) is 11.6. The van der Waals surface area contributed by atoms with Gasteiger partial charge in [-0.25, -0.2) is 13.1 Å². The third-order valence-corrected chi connectivity index (χ3v) is 5.77. The van der Waals surface area contributed by atoms with Crippen molar-refractivity contribution < 1.29 is 13.2 Å². The highest BCUT2D eigenvalue weighted by Crippen LogP contribution is 2.31. The van der Waals surface area contributed by atoms with E-state index in [2.05, 4.69) is 9.62 Å². The Morgan fingerprint density at radius 3 is 2.58 bits per heavy atom. The van der Waals surface area contributed by atoms with E-state index in [-0.39, 0.29) is 5.92 Å². The number of benzene rings is 2. The second-order valence-electron chi connectivity index (χ2n) is 5.94. The van der Waals surface area contributed by atoms with Gasteiger partial charge in [-0.15, -0.1) is 0 Å². The molecule has 0 saturated carbocycles. The average Bonchev–Trinajstić information content (AvgIpc) is 3.10. The van der Waals surface area contributed by atoms with Gasteiger partial charge in [-0.2, -0.15) is 0 Å². The first-order valence-electron chi connectivity index (χ1n) is 8.03. The molecule has 128 valence electrons. The second-order valence-corrected chi connectivity index (χ2v) is 7.70. The van der Waals surface area contributed by atoms with E-state index in [1.165, 1.54) is 0 Å². The normalized spacial score (nSPS) is 17.9. The van der Waals surface area contributed by atoms with E-state index in [4.69, 9.17) is 4.74 Å². The summed E-state index contributed by atoms with van der Waals surface area (Å²) >= 11 is 0. The average molecular weight is 346 g/mol. The summed E-state index contributed by atoms with van der Waals surface area (Å²) in [6.45, 7) is 2.17. The summed E-state index contributed by atoms with van der Waals surface area (Å²) in [5, 5.41) is 0. The minimum Gasteiger partial charge on any atom is -0.495 e. The molecule has 0 aromatic heterocycles. The van der Waals surface area contributed by atoms with Crippen LogP contribution in [-0.4, -0.2) is 35.2 Å². The summed E-state index contributed by atoms with van der Waals surface area (Å²) in [7, 11) is -1.77. The molecule has 0 bridgehead atoms. The lowest BCUT2D eigenvalue weighted by Gasteiger charge is -2.21. The number of methoxy groups -OCH3 is 1. The quantitative estimate of drug-likeness (QED) is 0.873. The van der Waals surface area contributed by atoms with E-state index >= 15 is 0 Å². The van der Waals surface area contributed by atoms with Crippen LogP contribution in [0.5, 0.6) is 5.75 Å². The smallest absolute Gasteiger partial charge is 0.240 e. The number of hydrogen-bond acceptors (Lipinski definition) is 4. The summed E-state index contributed by atoms with van der Waals surface area (Å²) in [6, 6.07) is 16.4. The molecular formula is C18H22N2O3S. The van der Waals surface area contributed by atoms with Crippen LogP contribution in [0.4, 0.5) is 5.69 Å². The van der Waals surface area contributed by atoms with Gasteiger partial charge >= 0.3 is 0 Å². The molecule has 0 spiro atoms. The van der Waals surface area contributed by atoms with Crippen molar-refractivity contribution >= 4 is 15.7 Å². The number of para-hydroxylation sites is 2. The van der Waals surface area contributed by atoms with Crippen molar-refractivity contribution in [2.24, 2.45) is 5.92 Å². The molecule has 6 heteroatoms. The molecule has 2 aromatic carbocycles. The molecule has 1 aliphatic heterocycles. The van der Waals surface area contributed by atoms with Gasteiger partial charge in [0, 0.05) is 19.6 Å². The fourth-order valence-electron chi connectivity index (χ4n) is 3.02. The number of rotatable bonds is 6. The standard InChI is InChI=1S/C18H22N2O3S/c1-23-18-10-6-5-9-17(18)20-12-11-15(14-20)13-19-24(21,22)16-7-3-2-4-8-16/h2-10,15,19H,11-14H2,1H3/t15-/m1/s1. The molecule has 5 nitrogen and oxygen atoms in total. The molecule has 0 radical (unpaired) electrons. The Bertz CT molecular complexity index is 778. The Labute approximate surface area is 143 Å². The van der Waals surface area contributed by atoms with Gasteiger partial charge in [0.1, 0.15) is 5.75 Å².